The lowest BCUT2D eigenvalue weighted by molar-refractivity contribution is 0.0184. The molecule has 1 saturated heterocycles. The zero-order chi connectivity index (χ0) is 10.6. The van der Waals surface area contributed by atoms with Gasteiger partial charge in [0.1, 0.15) is 0 Å². The molecule has 0 spiro atoms. The Bertz CT molecular complexity index is 181. The van der Waals surface area contributed by atoms with Crippen LogP contribution < -0.4 is 0 Å². The summed E-state index contributed by atoms with van der Waals surface area (Å²) < 4.78 is 0. The Morgan fingerprint density at radius 2 is 1.71 bits per heavy atom. The van der Waals surface area contributed by atoms with E-state index >= 15 is 0 Å². The van der Waals surface area contributed by atoms with Crippen molar-refractivity contribution in [1.82, 2.24) is 4.90 Å². The third kappa shape index (κ3) is 2.58. The Balaban J connectivity index is 2.63. The van der Waals surface area contributed by atoms with Gasteiger partial charge in [0.05, 0.1) is 6.10 Å². The highest BCUT2D eigenvalue weighted by molar-refractivity contribution is 4.98. The van der Waals surface area contributed by atoms with Gasteiger partial charge in [-0.25, -0.2) is 0 Å². The minimum absolute atomic E-state index is 0.161. The molecular weight excluding hydrogens is 174 g/mol. The molecule has 1 fully saturated rings. The zero-order valence-corrected chi connectivity index (χ0v) is 9.50. The van der Waals surface area contributed by atoms with Crippen LogP contribution in [0.5, 0.6) is 0 Å². The Kier molecular flexibility index (Phi) is 4.14. The molecule has 82 valence electrons. The monoisotopic (exact) mass is 197 g/mol. The summed E-state index contributed by atoms with van der Waals surface area (Å²) in [6.45, 7) is 10.1. The molecule has 1 unspecified atom stereocenters. The number of rotatable bonds is 3. The molecule has 1 aliphatic rings. The molecule has 0 radical (unpaired) electrons. The van der Waals surface area contributed by atoms with Gasteiger partial charge in [0, 0.05) is 5.54 Å². The second kappa shape index (κ2) is 4.94. The number of hydrogen-bond acceptors (Lipinski definition) is 2. The van der Waals surface area contributed by atoms with Gasteiger partial charge in [-0.15, -0.1) is 6.58 Å². The second-order valence-corrected chi connectivity index (χ2v) is 4.74. The summed E-state index contributed by atoms with van der Waals surface area (Å²) in [7, 11) is 0. The summed E-state index contributed by atoms with van der Waals surface area (Å²) in [6, 6.07) is 0. The molecule has 1 atom stereocenters. The molecule has 0 bridgehead atoms. The molecule has 1 N–H and O–H groups in total. The van der Waals surface area contributed by atoms with Crippen LogP contribution in [0.2, 0.25) is 0 Å². The Morgan fingerprint density at radius 3 is 2.14 bits per heavy atom. The summed E-state index contributed by atoms with van der Waals surface area (Å²) in [5.74, 6) is 0. The fourth-order valence-electron chi connectivity index (χ4n) is 2.12. The predicted octanol–water partition coefficient (Wildman–Crippen LogP) is 2.19. The van der Waals surface area contributed by atoms with Crippen LogP contribution in [-0.4, -0.2) is 34.7 Å². The van der Waals surface area contributed by atoms with Crippen LogP contribution in [0.1, 0.15) is 39.5 Å². The summed E-state index contributed by atoms with van der Waals surface area (Å²) in [5.41, 5.74) is -0.161. The first-order valence-electron chi connectivity index (χ1n) is 5.64. The average Bonchev–Trinajstić information content (AvgIpc) is 2.44. The van der Waals surface area contributed by atoms with Crippen LogP contribution in [0.15, 0.2) is 12.7 Å². The van der Waals surface area contributed by atoms with Crippen LogP contribution >= 0.6 is 0 Å². The molecule has 0 aromatic rings. The van der Waals surface area contributed by atoms with E-state index in [1.165, 1.54) is 25.7 Å². The van der Waals surface area contributed by atoms with E-state index in [1.807, 2.05) is 0 Å². The lowest BCUT2D eigenvalue weighted by Crippen LogP contribution is -2.52. The van der Waals surface area contributed by atoms with Crippen molar-refractivity contribution in [2.45, 2.75) is 51.2 Å². The van der Waals surface area contributed by atoms with Gasteiger partial charge >= 0.3 is 0 Å². The van der Waals surface area contributed by atoms with E-state index in [2.05, 4.69) is 25.3 Å². The molecule has 1 rings (SSSR count). The minimum Gasteiger partial charge on any atom is -0.387 e. The lowest BCUT2D eigenvalue weighted by Gasteiger charge is -2.40. The Hall–Kier alpha value is -0.340. The number of aliphatic hydroxyl groups is 1. The highest BCUT2D eigenvalue weighted by atomic mass is 16.3. The van der Waals surface area contributed by atoms with Crippen molar-refractivity contribution in [3.05, 3.63) is 12.7 Å². The highest BCUT2D eigenvalue weighted by Crippen LogP contribution is 2.23. The molecule has 0 saturated carbocycles. The third-order valence-corrected chi connectivity index (χ3v) is 3.37. The fourth-order valence-corrected chi connectivity index (χ4v) is 2.12. The van der Waals surface area contributed by atoms with Gasteiger partial charge in [0.15, 0.2) is 0 Å². The van der Waals surface area contributed by atoms with Gasteiger partial charge in [-0.1, -0.05) is 18.9 Å². The van der Waals surface area contributed by atoms with Crippen molar-refractivity contribution in [2.24, 2.45) is 0 Å². The van der Waals surface area contributed by atoms with Crippen LogP contribution in [0.4, 0.5) is 0 Å². The second-order valence-electron chi connectivity index (χ2n) is 4.74. The van der Waals surface area contributed by atoms with E-state index in [4.69, 9.17) is 0 Å². The molecule has 0 amide bonds. The maximum atomic E-state index is 9.87. The van der Waals surface area contributed by atoms with Crippen LogP contribution in [0.25, 0.3) is 0 Å². The van der Waals surface area contributed by atoms with Crippen molar-refractivity contribution in [2.75, 3.05) is 13.1 Å². The molecule has 14 heavy (non-hydrogen) atoms. The molecule has 0 aliphatic carbocycles. The molecule has 1 heterocycles. The van der Waals surface area contributed by atoms with Crippen LogP contribution in [0, 0.1) is 0 Å². The minimum atomic E-state index is -0.430. The van der Waals surface area contributed by atoms with Gasteiger partial charge in [-0.3, -0.25) is 4.90 Å². The topological polar surface area (TPSA) is 23.5 Å². The molecule has 2 heteroatoms. The number of nitrogens with zero attached hydrogens (tertiary/aromatic N) is 1. The Morgan fingerprint density at radius 1 is 1.21 bits per heavy atom. The lowest BCUT2D eigenvalue weighted by atomic mass is 9.94. The summed E-state index contributed by atoms with van der Waals surface area (Å²) >= 11 is 0. The average molecular weight is 197 g/mol. The summed E-state index contributed by atoms with van der Waals surface area (Å²) in [5, 5.41) is 9.87. The molecular formula is C12H23NO. The van der Waals surface area contributed by atoms with E-state index in [9.17, 15) is 5.11 Å². The van der Waals surface area contributed by atoms with Crippen molar-refractivity contribution in [3.8, 4) is 0 Å². The normalized spacial score (nSPS) is 22.8. The van der Waals surface area contributed by atoms with Gasteiger partial charge in [0.2, 0.25) is 0 Å². The first-order valence-corrected chi connectivity index (χ1v) is 5.64. The number of hydrogen-bond donors (Lipinski definition) is 1. The van der Waals surface area contributed by atoms with Crippen molar-refractivity contribution in [3.63, 3.8) is 0 Å². The summed E-state index contributed by atoms with van der Waals surface area (Å²) in [4.78, 5) is 2.40. The standard InChI is InChI=1S/C12H23NO/c1-4-11(14)12(2,3)13-9-7-5-6-8-10-13/h4,11,14H,1,5-10H2,2-3H3. The highest BCUT2D eigenvalue weighted by Gasteiger charge is 2.32. The smallest absolute Gasteiger partial charge is 0.0896 e. The first-order chi connectivity index (χ1) is 6.59. The van der Waals surface area contributed by atoms with Gasteiger partial charge in [-0.2, -0.15) is 0 Å². The zero-order valence-electron chi connectivity index (χ0n) is 9.50. The predicted molar refractivity (Wildman–Crippen MR) is 60.3 cm³/mol. The number of aliphatic hydroxyl groups excluding tert-OH is 1. The quantitative estimate of drug-likeness (QED) is 0.701. The SMILES string of the molecule is C=CC(O)C(C)(C)N1CCCCCC1. The van der Waals surface area contributed by atoms with Gasteiger partial charge in [-0.05, 0) is 39.8 Å². The van der Waals surface area contributed by atoms with Crippen molar-refractivity contribution >= 4 is 0 Å². The van der Waals surface area contributed by atoms with E-state index in [1.54, 1.807) is 6.08 Å². The van der Waals surface area contributed by atoms with Crippen LogP contribution in [0.3, 0.4) is 0 Å². The summed E-state index contributed by atoms with van der Waals surface area (Å²) in [6.07, 6.45) is 6.39. The van der Waals surface area contributed by atoms with E-state index in [0.29, 0.717) is 0 Å². The van der Waals surface area contributed by atoms with Gasteiger partial charge < -0.3 is 5.11 Å². The maximum absolute atomic E-state index is 9.87. The molecule has 0 aromatic heterocycles. The van der Waals surface area contributed by atoms with Crippen molar-refractivity contribution in [1.29, 1.82) is 0 Å². The maximum Gasteiger partial charge on any atom is 0.0896 e. The molecule has 2 nitrogen and oxygen atoms in total. The fraction of sp³-hybridized carbons (Fsp3) is 0.833. The molecule has 1 aliphatic heterocycles. The Labute approximate surface area is 87.6 Å². The van der Waals surface area contributed by atoms with Crippen LogP contribution in [-0.2, 0) is 0 Å². The molecule has 0 aromatic carbocycles. The van der Waals surface area contributed by atoms with E-state index in [0.717, 1.165) is 13.1 Å². The van der Waals surface area contributed by atoms with E-state index in [-0.39, 0.29) is 5.54 Å². The van der Waals surface area contributed by atoms with Gasteiger partial charge in [0.25, 0.3) is 0 Å². The number of likely N-dealkylation sites (tertiary alicyclic amines) is 1. The first kappa shape index (κ1) is 11.7. The van der Waals surface area contributed by atoms with Crippen molar-refractivity contribution < 1.29 is 5.11 Å². The largest absolute Gasteiger partial charge is 0.387 e. The van der Waals surface area contributed by atoms with E-state index < -0.39 is 6.10 Å². The third-order valence-electron chi connectivity index (χ3n) is 3.37.